The van der Waals surface area contributed by atoms with Crippen LogP contribution < -0.4 is 5.73 Å². The van der Waals surface area contributed by atoms with Crippen LogP contribution >= 0.6 is 0 Å². The number of nitrogens with one attached hydrogen (secondary N) is 1. The quantitative estimate of drug-likeness (QED) is 0.593. The Morgan fingerprint density at radius 2 is 1.88 bits per heavy atom. The number of para-hydroxylation sites is 1. The van der Waals surface area contributed by atoms with Crippen LogP contribution in [0.1, 0.15) is 12.5 Å². The van der Waals surface area contributed by atoms with Gasteiger partial charge in [-0.2, -0.15) is 0 Å². The van der Waals surface area contributed by atoms with Gasteiger partial charge in [-0.05, 0) is 18.1 Å². The van der Waals surface area contributed by atoms with Gasteiger partial charge < -0.3 is 10.7 Å². The topological polar surface area (TPSA) is 41.8 Å². The number of aryl methyl sites for hydroxylation is 1. The first-order valence-electron chi connectivity index (χ1n) is 5.59. The number of hydrogen-bond acceptors (Lipinski definition) is 1. The molecule has 2 aromatic carbocycles. The highest BCUT2D eigenvalue weighted by molar-refractivity contribution is 6.11. The summed E-state index contributed by atoms with van der Waals surface area (Å²) in [7, 11) is 0. The van der Waals surface area contributed by atoms with E-state index in [9.17, 15) is 0 Å². The lowest BCUT2D eigenvalue weighted by molar-refractivity contribution is 1.15. The Labute approximate surface area is 94.1 Å². The number of nitrogens with two attached hydrogens (primary N) is 1. The van der Waals surface area contributed by atoms with Gasteiger partial charge >= 0.3 is 0 Å². The minimum Gasteiger partial charge on any atom is -0.397 e. The Morgan fingerprint density at radius 3 is 2.69 bits per heavy atom. The molecule has 2 heteroatoms. The molecule has 0 radical (unpaired) electrons. The van der Waals surface area contributed by atoms with Crippen LogP contribution in [-0.2, 0) is 6.42 Å². The number of nitrogen functional groups attached to an aromatic ring is 1. The van der Waals surface area contributed by atoms with E-state index in [4.69, 9.17) is 5.73 Å². The molecule has 0 amide bonds. The number of benzene rings is 2. The molecule has 3 rings (SSSR count). The van der Waals surface area contributed by atoms with E-state index in [1.165, 1.54) is 16.3 Å². The zero-order valence-electron chi connectivity index (χ0n) is 9.25. The summed E-state index contributed by atoms with van der Waals surface area (Å²) in [6.07, 6.45) is 0.969. The minimum atomic E-state index is 0.885. The SMILES string of the molecule is CCc1ccc2c([nH]c3ccccc32)c1N. The van der Waals surface area contributed by atoms with Gasteiger partial charge in [-0.1, -0.05) is 37.3 Å². The molecule has 80 valence electrons. The summed E-state index contributed by atoms with van der Waals surface area (Å²) in [5.41, 5.74) is 10.5. The first kappa shape index (κ1) is 9.28. The molecule has 1 aromatic heterocycles. The van der Waals surface area contributed by atoms with Gasteiger partial charge in [0.25, 0.3) is 0 Å². The largest absolute Gasteiger partial charge is 0.397 e. The van der Waals surface area contributed by atoms with Gasteiger partial charge in [-0.25, -0.2) is 0 Å². The molecule has 0 saturated carbocycles. The zero-order valence-corrected chi connectivity index (χ0v) is 9.25. The van der Waals surface area contributed by atoms with Crippen LogP contribution in [0.5, 0.6) is 0 Å². The third kappa shape index (κ3) is 1.13. The molecule has 2 nitrogen and oxygen atoms in total. The van der Waals surface area contributed by atoms with Gasteiger partial charge in [0, 0.05) is 16.3 Å². The summed E-state index contributed by atoms with van der Waals surface area (Å²) in [6, 6.07) is 12.6. The standard InChI is InChI=1S/C14H14N2/c1-2-9-7-8-11-10-5-3-4-6-12(10)16-14(11)13(9)15/h3-8,16H,2,15H2,1H3. The van der Waals surface area contributed by atoms with Crippen LogP contribution in [-0.4, -0.2) is 4.98 Å². The van der Waals surface area contributed by atoms with E-state index in [0.29, 0.717) is 0 Å². The molecule has 1 heterocycles. The fourth-order valence-electron chi connectivity index (χ4n) is 2.29. The summed E-state index contributed by atoms with van der Waals surface area (Å²) < 4.78 is 0. The monoisotopic (exact) mass is 210 g/mol. The van der Waals surface area contributed by atoms with Gasteiger partial charge in [-0.15, -0.1) is 0 Å². The van der Waals surface area contributed by atoms with Gasteiger partial charge in [0.15, 0.2) is 0 Å². The van der Waals surface area contributed by atoms with Gasteiger partial charge in [0.1, 0.15) is 0 Å². The van der Waals surface area contributed by atoms with Gasteiger partial charge in [0.2, 0.25) is 0 Å². The van der Waals surface area contributed by atoms with Gasteiger partial charge in [-0.3, -0.25) is 0 Å². The maximum atomic E-state index is 6.16. The summed E-state index contributed by atoms with van der Waals surface area (Å²) in [4.78, 5) is 3.40. The number of anilines is 1. The van der Waals surface area contributed by atoms with Crippen molar-refractivity contribution in [3.05, 3.63) is 42.0 Å². The Kier molecular flexibility index (Phi) is 1.90. The van der Waals surface area contributed by atoms with Crippen molar-refractivity contribution in [1.82, 2.24) is 4.98 Å². The predicted octanol–water partition coefficient (Wildman–Crippen LogP) is 3.47. The molecule has 16 heavy (non-hydrogen) atoms. The van der Waals surface area contributed by atoms with E-state index in [0.717, 1.165) is 23.1 Å². The van der Waals surface area contributed by atoms with Crippen molar-refractivity contribution < 1.29 is 0 Å². The number of fused-ring (bicyclic) bond motifs is 3. The first-order chi connectivity index (χ1) is 7.81. The maximum Gasteiger partial charge on any atom is 0.0701 e. The van der Waals surface area contributed by atoms with Crippen molar-refractivity contribution in [2.75, 3.05) is 5.73 Å². The second-order valence-corrected chi connectivity index (χ2v) is 4.09. The van der Waals surface area contributed by atoms with Crippen LogP contribution in [0.4, 0.5) is 5.69 Å². The van der Waals surface area contributed by atoms with Crippen molar-refractivity contribution in [3.8, 4) is 0 Å². The van der Waals surface area contributed by atoms with Crippen molar-refractivity contribution in [2.45, 2.75) is 13.3 Å². The molecule has 0 saturated heterocycles. The second-order valence-electron chi connectivity index (χ2n) is 4.09. The van der Waals surface area contributed by atoms with E-state index in [-0.39, 0.29) is 0 Å². The summed E-state index contributed by atoms with van der Waals surface area (Å²) in [5, 5.41) is 2.46. The highest BCUT2D eigenvalue weighted by Gasteiger charge is 2.08. The number of H-pyrrole nitrogens is 1. The third-order valence-electron chi connectivity index (χ3n) is 3.19. The van der Waals surface area contributed by atoms with Crippen molar-refractivity contribution >= 4 is 27.5 Å². The molecule has 0 aliphatic rings. The van der Waals surface area contributed by atoms with Crippen LogP contribution in [0.25, 0.3) is 21.8 Å². The van der Waals surface area contributed by atoms with E-state index < -0.39 is 0 Å². The Hall–Kier alpha value is -1.96. The molecule has 0 atom stereocenters. The molecule has 0 fully saturated rings. The second kappa shape index (κ2) is 3.27. The Balaban J connectivity index is 2.49. The number of aromatic nitrogens is 1. The zero-order chi connectivity index (χ0) is 11.1. The fraction of sp³-hybridized carbons (Fsp3) is 0.143. The Bertz CT molecular complexity index is 665. The Morgan fingerprint density at radius 1 is 1.06 bits per heavy atom. The first-order valence-corrected chi connectivity index (χ1v) is 5.59. The number of rotatable bonds is 1. The van der Waals surface area contributed by atoms with Crippen molar-refractivity contribution in [1.29, 1.82) is 0 Å². The third-order valence-corrected chi connectivity index (χ3v) is 3.19. The summed E-state index contributed by atoms with van der Waals surface area (Å²) in [5.74, 6) is 0. The number of hydrogen-bond donors (Lipinski definition) is 2. The van der Waals surface area contributed by atoms with E-state index >= 15 is 0 Å². The lowest BCUT2D eigenvalue weighted by atomic mass is 10.1. The molecule has 0 spiro atoms. The van der Waals surface area contributed by atoms with E-state index in [2.05, 4.69) is 42.2 Å². The van der Waals surface area contributed by atoms with Crippen molar-refractivity contribution in [2.24, 2.45) is 0 Å². The normalized spacial score (nSPS) is 11.3. The molecular formula is C14H14N2. The van der Waals surface area contributed by atoms with Crippen LogP contribution in [0.15, 0.2) is 36.4 Å². The number of aromatic amines is 1. The molecule has 0 aliphatic heterocycles. The average molecular weight is 210 g/mol. The average Bonchev–Trinajstić information content (AvgIpc) is 2.69. The van der Waals surface area contributed by atoms with Crippen molar-refractivity contribution in [3.63, 3.8) is 0 Å². The van der Waals surface area contributed by atoms with E-state index in [1.54, 1.807) is 0 Å². The van der Waals surface area contributed by atoms with Crippen LogP contribution in [0.3, 0.4) is 0 Å². The van der Waals surface area contributed by atoms with Crippen LogP contribution in [0.2, 0.25) is 0 Å². The maximum absolute atomic E-state index is 6.16. The molecule has 3 N–H and O–H groups in total. The fourth-order valence-corrected chi connectivity index (χ4v) is 2.29. The highest BCUT2D eigenvalue weighted by Crippen LogP contribution is 2.30. The molecule has 0 bridgehead atoms. The lowest BCUT2D eigenvalue weighted by Crippen LogP contribution is -1.93. The van der Waals surface area contributed by atoms with Gasteiger partial charge in [0.05, 0.1) is 11.2 Å². The molecule has 3 aromatic rings. The highest BCUT2D eigenvalue weighted by atomic mass is 14.7. The molecule has 0 aliphatic carbocycles. The smallest absolute Gasteiger partial charge is 0.0701 e. The van der Waals surface area contributed by atoms with E-state index in [1.807, 2.05) is 6.07 Å². The molecular weight excluding hydrogens is 196 g/mol. The lowest BCUT2D eigenvalue weighted by Gasteiger charge is -2.03. The minimum absolute atomic E-state index is 0.885. The predicted molar refractivity (Wildman–Crippen MR) is 69.6 cm³/mol. The van der Waals surface area contributed by atoms with Crippen LogP contribution in [0, 0.1) is 0 Å². The molecule has 0 unspecified atom stereocenters. The summed E-state index contributed by atoms with van der Waals surface area (Å²) in [6.45, 7) is 2.13. The summed E-state index contributed by atoms with van der Waals surface area (Å²) >= 11 is 0.